The van der Waals surface area contributed by atoms with Crippen LogP contribution >= 0.6 is 0 Å². The standard InChI is InChI=1S/C10H5FN2O2S/c11-16(14,15)10-4-2-1-3-9(10)5-8(6-12)7-13/h1-5H. The highest BCUT2D eigenvalue weighted by atomic mass is 32.3. The van der Waals surface area contributed by atoms with Crippen LogP contribution in [0.1, 0.15) is 5.56 Å². The Kier molecular flexibility index (Phi) is 3.39. The summed E-state index contributed by atoms with van der Waals surface area (Å²) >= 11 is 0. The molecule has 16 heavy (non-hydrogen) atoms. The molecule has 80 valence electrons. The van der Waals surface area contributed by atoms with Crippen LogP contribution < -0.4 is 0 Å². The predicted octanol–water partition coefficient (Wildman–Crippen LogP) is 1.78. The van der Waals surface area contributed by atoms with E-state index in [1.807, 2.05) is 0 Å². The smallest absolute Gasteiger partial charge is 0.192 e. The van der Waals surface area contributed by atoms with Gasteiger partial charge in [-0.15, -0.1) is 3.89 Å². The average Bonchev–Trinajstić information content (AvgIpc) is 2.25. The molecule has 0 heterocycles. The zero-order chi connectivity index (χ0) is 12.2. The van der Waals surface area contributed by atoms with Crippen molar-refractivity contribution >= 4 is 16.3 Å². The Morgan fingerprint density at radius 1 is 1.25 bits per heavy atom. The lowest BCUT2D eigenvalue weighted by Gasteiger charge is -1.99. The highest BCUT2D eigenvalue weighted by molar-refractivity contribution is 7.86. The number of rotatable bonds is 2. The van der Waals surface area contributed by atoms with E-state index in [0.29, 0.717) is 0 Å². The van der Waals surface area contributed by atoms with E-state index < -0.39 is 15.1 Å². The molecule has 0 saturated heterocycles. The molecule has 0 aromatic heterocycles. The summed E-state index contributed by atoms with van der Waals surface area (Å²) in [4.78, 5) is -0.557. The van der Waals surface area contributed by atoms with E-state index in [9.17, 15) is 12.3 Å². The molecule has 0 saturated carbocycles. The quantitative estimate of drug-likeness (QED) is 0.578. The van der Waals surface area contributed by atoms with Crippen molar-refractivity contribution in [1.82, 2.24) is 0 Å². The molecule has 0 fully saturated rings. The van der Waals surface area contributed by atoms with Crippen molar-refractivity contribution in [2.75, 3.05) is 0 Å². The van der Waals surface area contributed by atoms with Gasteiger partial charge in [0.1, 0.15) is 22.6 Å². The summed E-state index contributed by atoms with van der Waals surface area (Å²) in [5.74, 6) is 0. The Hall–Kier alpha value is -2.18. The van der Waals surface area contributed by atoms with Crippen LogP contribution in [0.3, 0.4) is 0 Å². The molecule has 0 aliphatic carbocycles. The van der Waals surface area contributed by atoms with Gasteiger partial charge < -0.3 is 0 Å². The number of benzene rings is 1. The highest BCUT2D eigenvalue weighted by Crippen LogP contribution is 2.20. The van der Waals surface area contributed by atoms with Crippen molar-refractivity contribution in [2.24, 2.45) is 0 Å². The molecule has 0 radical (unpaired) electrons. The fourth-order valence-corrected chi connectivity index (χ4v) is 1.72. The molecule has 6 heteroatoms. The van der Waals surface area contributed by atoms with Crippen LogP contribution in [0.4, 0.5) is 3.89 Å². The van der Waals surface area contributed by atoms with Crippen LogP contribution in [0.5, 0.6) is 0 Å². The summed E-state index contributed by atoms with van der Waals surface area (Å²) in [6.45, 7) is 0. The van der Waals surface area contributed by atoms with Gasteiger partial charge >= 0.3 is 10.2 Å². The Morgan fingerprint density at radius 3 is 2.31 bits per heavy atom. The Labute approximate surface area is 92.1 Å². The lowest BCUT2D eigenvalue weighted by Crippen LogP contribution is -1.95. The summed E-state index contributed by atoms with van der Waals surface area (Å²) < 4.78 is 34.3. The number of nitrogens with zero attached hydrogens (tertiary/aromatic N) is 2. The summed E-state index contributed by atoms with van der Waals surface area (Å²) in [6.07, 6.45) is 1.02. The van der Waals surface area contributed by atoms with Gasteiger partial charge in [0.05, 0.1) is 0 Å². The summed E-state index contributed by atoms with van der Waals surface area (Å²) in [6, 6.07) is 8.32. The number of halogens is 1. The normalized spacial score (nSPS) is 9.94. The van der Waals surface area contributed by atoms with E-state index in [1.54, 1.807) is 12.1 Å². The maximum absolute atomic E-state index is 12.8. The van der Waals surface area contributed by atoms with Crippen molar-refractivity contribution in [3.05, 3.63) is 35.4 Å². The van der Waals surface area contributed by atoms with E-state index >= 15 is 0 Å². The Bertz CT molecular complexity index is 605. The molecular formula is C10H5FN2O2S. The van der Waals surface area contributed by atoms with E-state index in [2.05, 4.69) is 0 Å². The van der Waals surface area contributed by atoms with Crippen LogP contribution in [0.15, 0.2) is 34.7 Å². The van der Waals surface area contributed by atoms with Gasteiger partial charge in [-0.1, -0.05) is 18.2 Å². The number of allylic oxidation sites excluding steroid dienone is 1. The molecule has 0 N–H and O–H groups in total. The third kappa shape index (κ3) is 2.66. The maximum Gasteiger partial charge on any atom is 0.332 e. The number of hydrogen-bond acceptors (Lipinski definition) is 4. The van der Waals surface area contributed by atoms with E-state index in [4.69, 9.17) is 10.5 Å². The molecule has 0 atom stereocenters. The summed E-state index contributed by atoms with van der Waals surface area (Å²) in [7, 11) is -4.86. The minimum Gasteiger partial charge on any atom is -0.192 e. The first-order valence-electron chi connectivity index (χ1n) is 4.04. The second-order valence-electron chi connectivity index (χ2n) is 2.76. The molecule has 1 rings (SSSR count). The molecule has 0 bridgehead atoms. The number of hydrogen-bond donors (Lipinski definition) is 0. The van der Waals surface area contributed by atoms with Gasteiger partial charge in [0.15, 0.2) is 0 Å². The lowest BCUT2D eigenvalue weighted by atomic mass is 10.1. The first kappa shape index (κ1) is 11.9. The van der Waals surface area contributed by atoms with Crippen molar-refractivity contribution in [3.8, 4) is 12.1 Å². The Morgan fingerprint density at radius 2 is 1.81 bits per heavy atom. The summed E-state index contributed by atoms with van der Waals surface area (Å²) in [5, 5.41) is 17.0. The van der Waals surface area contributed by atoms with Gasteiger partial charge in [0.25, 0.3) is 0 Å². The van der Waals surface area contributed by atoms with Crippen LogP contribution in [0.25, 0.3) is 6.08 Å². The fourth-order valence-electron chi connectivity index (χ4n) is 1.07. The van der Waals surface area contributed by atoms with Crippen LogP contribution in [-0.2, 0) is 10.2 Å². The van der Waals surface area contributed by atoms with Gasteiger partial charge in [-0.25, -0.2) is 0 Å². The average molecular weight is 236 g/mol. The third-order valence-electron chi connectivity index (χ3n) is 1.72. The molecule has 0 aliphatic heterocycles. The minimum atomic E-state index is -4.86. The van der Waals surface area contributed by atoms with Crippen LogP contribution in [0, 0.1) is 22.7 Å². The van der Waals surface area contributed by atoms with Crippen molar-refractivity contribution < 1.29 is 12.3 Å². The van der Waals surface area contributed by atoms with E-state index in [0.717, 1.165) is 12.1 Å². The lowest BCUT2D eigenvalue weighted by molar-refractivity contribution is 0.552. The first-order chi connectivity index (χ1) is 7.49. The maximum atomic E-state index is 12.8. The molecule has 0 unspecified atom stereocenters. The van der Waals surface area contributed by atoms with Crippen molar-refractivity contribution in [1.29, 1.82) is 10.5 Å². The largest absolute Gasteiger partial charge is 0.332 e. The monoisotopic (exact) mass is 236 g/mol. The molecule has 4 nitrogen and oxygen atoms in total. The van der Waals surface area contributed by atoms with Crippen molar-refractivity contribution in [3.63, 3.8) is 0 Å². The molecule has 1 aromatic carbocycles. The SMILES string of the molecule is N#CC(C#N)=Cc1ccccc1S(=O)(=O)F. The molecule has 0 aliphatic rings. The van der Waals surface area contributed by atoms with Gasteiger partial charge in [0, 0.05) is 0 Å². The van der Waals surface area contributed by atoms with Gasteiger partial charge in [-0.05, 0) is 17.7 Å². The molecule has 0 amide bonds. The Balaban J connectivity index is 3.45. The zero-order valence-electron chi connectivity index (χ0n) is 7.88. The van der Waals surface area contributed by atoms with Gasteiger partial charge in [0.2, 0.25) is 0 Å². The van der Waals surface area contributed by atoms with Crippen LogP contribution in [-0.4, -0.2) is 8.42 Å². The molecular weight excluding hydrogens is 231 g/mol. The predicted molar refractivity (Wildman–Crippen MR) is 53.9 cm³/mol. The third-order valence-corrected chi connectivity index (χ3v) is 2.62. The van der Waals surface area contributed by atoms with Gasteiger partial charge in [-0.2, -0.15) is 18.9 Å². The topological polar surface area (TPSA) is 81.7 Å². The van der Waals surface area contributed by atoms with E-state index in [-0.39, 0.29) is 11.1 Å². The molecule has 0 spiro atoms. The van der Waals surface area contributed by atoms with Gasteiger partial charge in [-0.3, -0.25) is 0 Å². The minimum absolute atomic E-state index is 0.0249. The second-order valence-corrected chi connectivity index (χ2v) is 4.07. The van der Waals surface area contributed by atoms with Crippen molar-refractivity contribution in [2.45, 2.75) is 4.90 Å². The molecule has 1 aromatic rings. The van der Waals surface area contributed by atoms with Crippen LogP contribution in [0.2, 0.25) is 0 Å². The second kappa shape index (κ2) is 4.56. The first-order valence-corrected chi connectivity index (χ1v) is 5.43. The number of nitriles is 2. The zero-order valence-corrected chi connectivity index (χ0v) is 8.70. The van der Waals surface area contributed by atoms with E-state index in [1.165, 1.54) is 18.2 Å². The fraction of sp³-hybridized carbons (Fsp3) is 0. The highest BCUT2D eigenvalue weighted by Gasteiger charge is 2.15. The summed E-state index contributed by atoms with van der Waals surface area (Å²) in [5.41, 5.74) is -0.320.